The average molecular weight is 438 g/mol. The van der Waals surface area contributed by atoms with Crippen molar-refractivity contribution in [3.63, 3.8) is 0 Å². The van der Waals surface area contributed by atoms with Crippen molar-refractivity contribution in [3.05, 3.63) is 24.3 Å². The minimum atomic E-state index is -3.60. The van der Waals surface area contributed by atoms with Crippen molar-refractivity contribution in [2.24, 2.45) is 5.92 Å². The van der Waals surface area contributed by atoms with Gasteiger partial charge >= 0.3 is 0 Å². The number of nitrogens with one attached hydrogen (secondary N) is 2. The molecule has 2 N–H and O–H groups in total. The molecule has 1 aliphatic carbocycles. The van der Waals surface area contributed by atoms with Gasteiger partial charge in [-0.25, -0.2) is 13.1 Å². The van der Waals surface area contributed by atoms with Gasteiger partial charge in [-0.05, 0) is 43.5 Å². The molecule has 166 valence electrons. The molecule has 0 aromatic heterocycles. The summed E-state index contributed by atoms with van der Waals surface area (Å²) in [7, 11) is -2.03. The molecule has 9 heteroatoms. The Hall–Kier alpha value is -1.97. The highest BCUT2D eigenvalue weighted by Gasteiger charge is 2.38. The van der Waals surface area contributed by atoms with Gasteiger partial charge in [0.2, 0.25) is 21.8 Å². The number of nitrogens with zero attached hydrogens (tertiary/aromatic N) is 1. The number of benzene rings is 1. The predicted octanol–water partition coefficient (Wildman–Crippen LogP) is 2.12. The number of carbonyl (C=O) groups excluding carboxylic acids is 2. The van der Waals surface area contributed by atoms with Gasteiger partial charge in [-0.15, -0.1) is 0 Å². The summed E-state index contributed by atoms with van der Waals surface area (Å²) in [6, 6.07) is 6.32. The first-order valence-corrected chi connectivity index (χ1v) is 12.1. The number of carbonyl (C=O) groups is 2. The van der Waals surface area contributed by atoms with Crippen molar-refractivity contribution in [1.82, 2.24) is 9.62 Å². The molecule has 2 aliphatic rings. The quantitative estimate of drug-likeness (QED) is 0.576. The Morgan fingerprint density at radius 3 is 2.53 bits per heavy atom. The smallest absolute Gasteiger partial charge is 0.240 e. The second-order valence-electron chi connectivity index (χ2n) is 8.00. The van der Waals surface area contributed by atoms with Crippen LogP contribution < -0.4 is 10.0 Å². The molecule has 1 aromatic rings. The fourth-order valence-electron chi connectivity index (χ4n) is 4.12. The van der Waals surface area contributed by atoms with Gasteiger partial charge < -0.3 is 15.0 Å². The molecule has 1 saturated carbocycles. The van der Waals surface area contributed by atoms with Gasteiger partial charge in [-0.3, -0.25) is 9.59 Å². The summed E-state index contributed by atoms with van der Waals surface area (Å²) in [5.74, 6) is -0.511. The number of ether oxygens (including phenoxy) is 1. The Kier molecular flexibility index (Phi) is 7.85. The van der Waals surface area contributed by atoms with Crippen molar-refractivity contribution in [3.8, 4) is 0 Å². The van der Waals surface area contributed by atoms with Crippen molar-refractivity contribution >= 4 is 27.5 Å². The van der Waals surface area contributed by atoms with Gasteiger partial charge in [0, 0.05) is 45.0 Å². The topological polar surface area (TPSA) is 105 Å². The molecule has 3 rings (SSSR count). The second-order valence-corrected chi connectivity index (χ2v) is 9.76. The molecule has 1 unspecified atom stereocenters. The second kappa shape index (κ2) is 10.4. The van der Waals surface area contributed by atoms with Crippen LogP contribution in [0.15, 0.2) is 29.2 Å². The van der Waals surface area contributed by atoms with E-state index in [1.165, 1.54) is 18.6 Å². The number of methoxy groups -OCH3 is 1. The Balaban J connectivity index is 1.54. The molecule has 0 spiro atoms. The summed E-state index contributed by atoms with van der Waals surface area (Å²) in [4.78, 5) is 27.0. The monoisotopic (exact) mass is 437 g/mol. The van der Waals surface area contributed by atoms with E-state index in [1.54, 1.807) is 19.2 Å². The Bertz CT molecular complexity index is 835. The number of hydrogen-bond acceptors (Lipinski definition) is 5. The van der Waals surface area contributed by atoms with Crippen LogP contribution in [0.2, 0.25) is 0 Å². The van der Waals surface area contributed by atoms with E-state index in [1.807, 2.05) is 4.90 Å². The third-order valence-electron chi connectivity index (χ3n) is 5.79. The molecule has 0 radical (unpaired) electrons. The van der Waals surface area contributed by atoms with Crippen LogP contribution in [0.25, 0.3) is 0 Å². The lowest BCUT2D eigenvalue weighted by Gasteiger charge is -2.31. The van der Waals surface area contributed by atoms with Gasteiger partial charge in [0.1, 0.15) is 0 Å². The van der Waals surface area contributed by atoms with E-state index in [0.717, 1.165) is 25.7 Å². The van der Waals surface area contributed by atoms with Crippen LogP contribution in [0.1, 0.15) is 44.9 Å². The minimum Gasteiger partial charge on any atom is -0.385 e. The summed E-state index contributed by atoms with van der Waals surface area (Å²) >= 11 is 0. The van der Waals surface area contributed by atoms with E-state index < -0.39 is 10.0 Å². The normalized spacial score (nSPS) is 20.5. The maximum absolute atomic E-state index is 12.6. The molecule has 0 bridgehead atoms. The van der Waals surface area contributed by atoms with E-state index in [9.17, 15) is 18.0 Å². The van der Waals surface area contributed by atoms with Crippen LogP contribution in [-0.2, 0) is 24.3 Å². The zero-order chi connectivity index (χ0) is 21.6. The van der Waals surface area contributed by atoms with E-state index >= 15 is 0 Å². The fraction of sp³-hybridized carbons (Fsp3) is 0.619. The lowest BCUT2D eigenvalue weighted by Crippen LogP contribution is -2.38. The molecular weight excluding hydrogens is 406 g/mol. The molecule has 1 aliphatic heterocycles. The first-order chi connectivity index (χ1) is 14.4. The molecule has 1 atom stereocenters. The number of sulfonamides is 1. The van der Waals surface area contributed by atoms with Gasteiger partial charge in [0.15, 0.2) is 0 Å². The van der Waals surface area contributed by atoms with Gasteiger partial charge in [-0.1, -0.05) is 19.3 Å². The van der Waals surface area contributed by atoms with Crippen LogP contribution in [0.4, 0.5) is 5.69 Å². The van der Waals surface area contributed by atoms with Crippen molar-refractivity contribution in [2.75, 3.05) is 32.1 Å². The Labute approximate surface area is 178 Å². The van der Waals surface area contributed by atoms with E-state index in [0.29, 0.717) is 31.8 Å². The predicted molar refractivity (Wildman–Crippen MR) is 113 cm³/mol. The van der Waals surface area contributed by atoms with Crippen LogP contribution in [0.5, 0.6) is 0 Å². The van der Waals surface area contributed by atoms with Crippen molar-refractivity contribution < 1.29 is 22.7 Å². The summed E-state index contributed by atoms with van der Waals surface area (Å²) in [5.41, 5.74) is 0.516. The van der Waals surface area contributed by atoms with E-state index in [2.05, 4.69) is 10.0 Å². The molecule has 1 saturated heterocycles. The van der Waals surface area contributed by atoms with Crippen LogP contribution in [-0.4, -0.2) is 58.0 Å². The first kappa shape index (κ1) is 22.7. The molecule has 30 heavy (non-hydrogen) atoms. The maximum Gasteiger partial charge on any atom is 0.240 e. The fourth-order valence-corrected chi connectivity index (χ4v) is 5.20. The van der Waals surface area contributed by atoms with Crippen LogP contribution in [0.3, 0.4) is 0 Å². The number of likely N-dealkylation sites (tertiary alicyclic amines) is 1. The number of amides is 2. The molecule has 1 aromatic carbocycles. The van der Waals surface area contributed by atoms with Crippen molar-refractivity contribution in [1.29, 1.82) is 0 Å². The standard InChI is InChI=1S/C21H31N3O5S/c1-29-13-5-12-22-30(27,28)19-10-8-17(9-11-19)23-21(26)16-14-20(25)24(15-16)18-6-3-2-4-7-18/h8-11,16,18,22H,2-7,12-15H2,1H3,(H,23,26). The van der Waals surface area contributed by atoms with E-state index in [4.69, 9.17) is 4.74 Å². The highest BCUT2D eigenvalue weighted by Crippen LogP contribution is 2.29. The summed E-state index contributed by atoms with van der Waals surface area (Å²) < 4.78 is 32.0. The zero-order valence-electron chi connectivity index (χ0n) is 17.4. The van der Waals surface area contributed by atoms with Gasteiger partial charge in [0.25, 0.3) is 0 Å². The lowest BCUT2D eigenvalue weighted by molar-refractivity contribution is -0.130. The van der Waals surface area contributed by atoms with E-state index in [-0.39, 0.29) is 35.1 Å². The van der Waals surface area contributed by atoms with Gasteiger partial charge in [0.05, 0.1) is 10.8 Å². The van der Waals surface area contributed by atoms with Crippen LogP contribution in [0, 0.1) is 5.92 Å². The molecular formula is C21H31N3O5S. The summed E-state index contributed by atoms with van der Waals surface area (Å²) in [5, 5.41) is 2.82. The molecule has 1 heterocycles. The molecule has 2 fully saturated rings. The summed E-state index contributed by atoms with van der Waals surface area (Å²) in [6.45, 7) is 1.24. The largest absolute Gasteiger partial charge is 0.385 e. The minimum absolute atomic E-state index is 0.0584. The zero-order valence-corrected chi connectivity index (χ0v) is 18.2. The Morgan fingerprint density at radius 2 is 1.87 bits per heavy atom. The molecule has 2 amide bonds. The summed E-state index contributed by atoms with van der Waals surface area (Å²) in [6.07, 6.45) is 6.37. The van der Waals surface area contributed by atoms with Crippen LogP contribution >= 0.6 is 0 Å². The number of anilines is 1. The van der Waals surface area contributed by atoms with Gasteiger partial charge in [-0.2, -0.15) is 0 Å². The third kappa shape index (κ3) is 5.80. The average Bonchev–Trinajstić information content (AvgIpc) is 3.14. The van der Waals surface area contributed by atoms with Crippen molar-refractivity contribution in [2.45, 2.75) is 55.9 Å². The SMILES string of the molecule is COCCCNS(=O)(=O)c1ccc(NC(=O)C2CC(=O)N(C3CCCCC3)C2)cc1. The third-order valence-corrected chi connectivity index (χ3v) is 7.27. The highest BCUT2D eigenvalue weighted by atomic mass is 32.2. The number of hydrogen-bond donors (Lipinski definition) is 2. The number of rotatable bonds is 9. The maximum atomic E-state index is 12.6. The molecule has 8 nitrogen and oxygen atoms in total. The Morgan fingerprint density at radius 1 is 1.17 bits per heavy atom. The highest BCUT2D eigenvalue weighted by molar-refractivity contribution is 7.89. The lowest BCUT2D eigenvalue weighted by atomic mass is 9.94. The first-order valence-electron chi connectivity index (χ1n) is 10.6.